The lowest BCUT2D eigenvalue weighted by molar-refractivity contribution is -0.113. The number of aryl methyl sites for hydroxylation is 1. The Kier molecular flexibility index (Phi) is 6.04. The number of hydrogen-bond donors (Lipinski definition) is 1. The summed E-state index contributed by atoms with van der Waals surface area (Å²) in [6.07, 6.45) is 2.88. The predicted molar refractivity (Wildman–Crippen MR) is 104 cm³/mol. The number of ether oxygens (including phenoxy) is 1. The minimum atomic E-state index is -0.376. The Hall–Kier alpha value is -1.50. The van der Waals surface area contributed by atoms with Gasteiger partial charge in [0.1, 0.15) is 5.00 Å². The van der Waals surface area contributed by atoms with Crippen LogP contribution in [-0.2, 0) is 28.1 Å². The maximum Gasteiger partial charge on any atom is 0.341 e. The zero-order valence-electron chi connectivity index (χ0n) is 13.8. The summed E-state index contributed by atoms with van der Waals surface area (Å²) in [5, 5.41) is 4.20. The van der Waals surface area contributed by atoms with Crippen LogP contribution in [0.5, 0.6) is 0 Å². The molecule has 0 saturated heterocycles. The van der Waals surface area contributed by atoms with E-state index in [1.54, 1.807) is 0 Å². The van der Waals surface area contributed by atoms with E-state index in [1.807, 2.05) is 24.3 Å². The van der Waals surface area contributed by atoms with E-state index >= 15 is 0 Å². The van der Waals surface area contributed by atoms with Gasteiger partial charge in [-0.3, -0.25) is 4.79 Å². The second-order valence-electron chi connectivity index (χ2n) is 5.69. The molecule has 4 nitrogen and oxygen atoms in total. The van der Waals surface area contributed by atoms with E-state index in [4.69, 9.17) is 16.3 Å². The van der Waals surface area contributed by atoms with Gasteiger partial charge >= 0.3 is 5.97 Å². The molecule has 1 heterocycles. The first-order valence-corrected chi connectivity index (χ1v) is 10.3. The van der Waals surface area contributed by atoms with Crippen molar-refractivity contribution in [3.05, 3.63) is 50.9 Å². The zero-order valence-corrected chi connectivity index (χ0v) is 16.2. The van der Waals surface area contributed by atoms with Crippen LogP contribution in [0.2, 0.25) is 5.02 Å². The monoisotopic (exact) mass is 395 g/mol. The molecule has 132 valence electrons. The van der Waals surface area contributed by atoms with Gasteiger partial charge in [0.25, 0.3) is 0 Å². The molecule has 1 aromatic carbocycles. The molecule has 0 atom stereocenters. The number of nitrogens with one attached hydrogen (secondary N) is 1. The third-order valence-corrected chi connectivity index (χ3v) is 6.57. The average Bonchev–Trinajstić information content (AvgIpc) is 3.16. The van der Waals surface area contributed by atoms with Gasteiger partial charge in [0.15, 0.2) is 0 Å². The summed E-state index contributed by atoms with van der Waals surface area (Å²) >= 11 is 9.10. The fourth-order valence-corrected chi connectivity index (χ4v) is 5.25. The van der Waals surface area contributed by atoms with Crippen LogP contribution in [0.4, 0.5) is 5.00 Å². The van der Waals surface area contributed by atoms with Crippen LogP contribution >= 0.6 is 34.7 Å². The minimum absolute atomic E-state index is 0.123. The van der Waals surface area contributed by atoms with Crippen LogP contribution in [-0.4, -0.2) is 24.7 Å². The lowest BCUT2D eigenvalue weighted by Gasteiger charge is -2.07. The van der Waals surface area contributed by atoms with Crippen molar-refractivity contribution in [3.63, 3.8) is 0 Å². The number of thiophene rings is 1. The molecule has 0 unspecified atom stereocenters. The zero-order chi connectivity index (χ0) is 17.8. The molecule has 0 radical (unpaired) electrons. The van der Waals surface area contributed by atoms with E-state index < -0.39 is 0 Å². The second kappa shape index (κ2) is 8.25. The summed E-state index contributed by atoms with van der Waals surface area (Å²) in [6, 6.07) is 7.60. The number of halogens is 1. The number of benzene rings is 1. The molecule has 2 aromatic rings. The molecule has 1 aliphatic carbocycles. The quantitative estimate of drug-likeness (QED) is 0.729. The van der Waals surface area contributed by atoms with E-state index in [9.17, 15) is 9.59 Å². The first-order valence-electron chi connectivity index (χ1n) is 7.94. The number of thioether (sulfide) groups is 1. The minimum Gasteiger partial charge on any atom is -0.465 e. The van der Waals surface area contributed by atoms with Gasteiger partial charge < -0.3 is 10.1 Å². The van der Waals surface area contributed by atoms with E-state index in [0.717, 1.165) is 30.4 Å². The van der Waals surface area contributed by atoms with Gasteiger partial charge in [-0.1, -0.05) is 29.8 Å². The lowest BCUT2D eigenvalue weighted by atomic mass is 10.1. The Morgan fingerprint density at radius 3 is 2.88 bits per heavy atom. The molecule has 0 fully saturated rings. The maximum absolute atomic E-state index is 12.3. The Balaban J connectivity index is 1.62. The van der Waals surface area contributed by atoms with Crippen LogP contribution in [0.3, 0.4) is 0 Å². The highest BCUT2D eigenvalue weighted by Gasteiger charge is 2.27. The molecule has 7 heteroatoms. The van der Waals surface area contributed by atoms with Crippen LogP contribution in [0.25, 0.3) is 0 Å². The number of esters is 1. The molecular formula is C18H18ClNO3S2. The summed E-state index contributed by atoms with van der Waals surface area (Å²) in [5.74, 6) is 0.465. The molecule has 1 N–H and O–H groups in total. The van der Waals surface area contributed by atoms with Crippen LogP contribution < -0.4 is 5.32 Å². The predicted octanol–water partition coefficient (Wildman–Crippen LogP) is 4.55. The fourth-order valence-electron chi connectivity index (χ4n) is 2.84. The molecule has 0 bridgehead atoms. The van der Waals surface area contributed by atoms with Crippen molar-refractivity contribution < 1.29 is 14.3 Å². The molecule has 0 saturated carbocycles. The summed E-state index contributed by atoms with van der Waals surface area (Å²) in [4.78, 5) is 25.5. The van der Waals surface area contributed by atoms with Gasteiger partial charge in [-0.15, -0.1) is 23.1 Å². The highest BCUT2D eigenvalue weighted by Crippen LogP contribution is 2.39. The van der Waals surface area contributed by atoms with Gasteiger partial charge in [0.05, 0.1) is 18.4 Å². The van der Waals surface area contributed by atoms with Crippen molar-refractivity contribution >= 4 is 51.6 Å². The van der Waals surface area contributed by atoms with Crippen LogP contribution in [0.15, 0.2) is 24.3 Å². The summed E-state index contributed by atoms with van der Waals surface area (Å²) < 4.78 is 4.89. The first-order chi connectivity index (χ1) is 12.1. The smallest absolute Gasteiger partial charge is 0.341 e. The van der Waals surface area contributed by atoms with E-state index in [-0.39, 0.29) is 11.9 Å². The average molecular weight is 396 g/mol. The lowest BCUT2D eigenvalue weighted by Crippen LogP contribution is -2.16. The van der Waals surface area contributed by atoms with Crippen molar-refractivity contribution in [2.24, 2.45) is 0 Å². The Labute approximate surface area is 159 Å². The van der Waals surface area contributed by atoms with Crippen molar-refractivity contribution in [3.8, 4) is 0 Å². The molecule has 1 aromatic heterocycles. The topological polar surface area (TPSA) is 55.4 Å². The molecule has 1 aliphatic rings. The number of anilines is 1. The number of carbonyl (C=O) groups excluding carboxylic acids is 2. The SMILES string of the molecule is COC(=O)c1c(NC(=O)CSCc2ccccc2Cl)sc2c1CCC2. The molecule has 0 spiro atoms. The van der Waals surface area contributed by atoms with Gasteiger partial charge in [-0.25, -0.2) is 4.79 Å². The van der Waals surface area contributed by atoms with Crippen molar-refractivity contribution in [2.75, 3.05) is 18.2 Å². The number of carbonyl (C=O) groups is 2. The van der Waals surface area contributed by atoms with Gasteiger partial charge in [0.2, 0.25) is 5.91 Å². The van der Waals surface area contributed by atoms with Crippen molar-refractivity contribution in [2.45, 2.75) is 25.0 Å². The number of hydrogen-bond acceptors (Lipinski definition) is 5. The standard InChI is InChI=1S/C18H18ClNO3S2/c1-23-18(22)16-12-6-4-8-14(12)25-17(16)20-15(21)10-24-9-11-5-2-3-7-13(11)19/h2-3,5,7H,4,6,8-10H2,1H3,(H,20,21). The van der Waals surface area contributed by atoms with E-state index in [0.29, 0.717) is 27.1 Å². The summed E-state index contributed by atoms with van der Waals surface area (Å²) in [7, 11) is 1.37. The molecule has 0 aliphatic heterocycles. The number of methoxy groups -OCH3 is 1. The van der Waals surface area contributed by atoms with E-state index in [1.165, 1.54) is 35.1 Å². The third-order valence-electron chi connectivity index (χ3n) is 4.01. The van der Waals surface area contributed by atoms with Gasteiger partial charge in [0, 0.05) is 15.7 Å². The van der Waals surface area contributed by atoms with E-state index in [2.05, 4.69) is 5.32 Å². The van der Waals surface area contributed by atoms with Gasteiger partial charge in [-0.2, -0.15) is 0 Å². The second-order valence-corrected chi connectivity index (χ2v) is 8.18. The highest BCUT2D eigenvalue weighted by molar-refractivity contribution is 7.99. The fraction of sp³-hybridized carbons (Fsp3) is 0.333. The highest BCUT2D eigenvalue weighted by atomic mass is 35.5. The third kappa shape index (κ3) is 4.19. The van der Waals surface area contributed by atoms with Crippen LogP contribution in [0.1, 0.15) is 32.8 Å². The molecule has 25 heavy (non-hydrogen) atoms. The van der Waals surface area contributed by atoms with Crippen LogP contribution in [0, 0.1) is 0 Å². The Bertz CT molecular complexity index is 804. The summed E-state index contributed by atoms with van der Waals surface area (Å²) in [5.41, 5.74) is 2.58. The normalized spacial score (nSPS) is 12.7. The Morgan fingerprint density at radius 1 is 1.32 bits per heavy atom. The number of fused-ring (bicyclic) bond motifs is 1. The molecule has 3 rings (SSSR count). The maximum atomic E-state index is 12.3. The molecular weight excluding hydrogens is 378 g/mol. The first kappa shape index (κ1) is 18.3. The number of amides is 1. The van der Waals surface area contributed by atoms with Crippen molar-refractivity contribution in [1.82, 2.24) is 0 Å². The van der Waals surface area contributed by atoms with Gasteiger partial charge in [-0.05, 0) is 36.5 Å². The molecule has 1 amide bonds. The van der Waals surface area contributed by atoms with Crippen molar-refractivity contribution in [1.29, 1.82) is 0 Å². The largest absolute Gasteiger partial charge is 0.465 e. The number of rotatable bonds is 6. The summed E-state index contributed by atoms with van der Waals surface area (Å²) in [6.45, 7) is 0. The Morgan fingerprint density at radius 2 is 2.12 bits per heavy atom.